The summed E-state index contributed by atoms with van der Waals surface area (Å²) in [6.45, 7) is 3.39. The molecule has 3 rings (SSSR count). The first-order valence-electron chi connectivity index (χ1n) is 7.22. The summed E-state index contributed by atoms with van der Waals surface area (Å²) in [6, 6.07) is 11.0. The van der Waals surface area contributed by atoms with Gasteiger partial charge in [0.1, 0.15) is 0 Å². The number of benzene rings is 1. The van der Waals surface area contributed by atoms with Crippen LogP contribution in [0, 0.1) is 11.3 Å². The number of fused-ring (bicyclic) bond motifs is 2. The standard InChI is InChI=1S/C17H20N2/c18-11-3-4-12-19-13-9-17(10-14-19)8-7-15-5-1-2-6-16(15)17/h1-2,5-8H,3-4,9-10,12-14H2. The van der Waals surface area contributed by atoms with Crippen LogP contribution in [-0.2, 0) is 5.41 Å². The van der Waals surface area contributed by atoms with Gasteiger partial charge < -0.3 is 4.90 Å². The maximum atomic E-state index is 8.59. The number of allylic oxidation sites excluding steroid dienone is 1. The smallest absolute Gasteiger partial charge is 0.0622 e. The van der Waals surface area contributed by atoms with Gasteiger partial charge in [-0.3, -0.25) is 0 Å². The van der Waals surface area contributed by atoms with Gasteiger partial charge >= 0.3 is 0 Å². The Morgan fingerprint density at radius 3 is 2.79 bits per heavy atom. The molecular weight excluding hydrogens is 232 g/mol. The zero-order valence-corrected chi connectivity index (χ0v) is 11.3. The lowest BCUT2D eigenvalue weighted by Gasteiger charge is -2.39. The Hall–Kier alpha value is -1.59. The van der Waals surface area contributed by atoms with Gasteiger partial charge in [-0.2, -0.15) is 5.26 Å². The van der Waals surface area contributed by atoms with Crippen LogP contribution in [0.5, 0.6) is 0 Å². The zero-order chi connectivity index (χ0) is 13.1. The first-order valence-corrected chi connectivity index (χ1v) is 7.22. The lowest BCUT2D eigenvalue weighted by atomic mass is 9.74. The van der Waals surface area contributed by atoms with Crippen LogP contribution in [0.15, 0.2) is 30.3 Å². The van der Waals surface area contributed by atoms with E-state index >= 15 is 0 Å². The topological polar surface area (TPSA) is 27.0 Å². The van der Waals surface area contributed by atoms with Crippen LogP contribution < -0.4 is 0 Å². The average Bonchev–Trinajstić information content (AvgIpc) is 2.81. The molecule has 0 amide bonds. The van der Waals surface area contributed by atoms with Gasteiger partial charge in [0.15, 0.2) is 0 Å². The average molecular weight is 252 g/mol. The van der Waals surface area contributed by atoms with Crippen LogP contribution in [-0.4, -0.2) is 24.5 Å². The summed E-state index contributed by atoms with van der Waals surface area (Å²) in [4.78, 5) is 2.51. The molecule has 1 aromatic rings. The van der Waals surface area contributed by atoms with E-state index in [2.05, 4.69) is 47.4 Å². The minimum absolute atomic E-state index is 0.294. The van der Waals surface area contributed by atoms with Gasteiger partial charge in [-0.1, -0.05) is 36.4 Å². The molecule has 1 fully saturated rings. The highest BCUT2D eigenvalue weighted by atomic mass is 15.1. The Bertz CT molecular complexity index is 516. The number of likely N-dealkylation sites (tertiary alicyclic amines) is 1. The van der Waals surface area contributed by atoms with E-state index < -0.39 is 0 Å². The molecule has 1 spiro atoms. The molecule has 0 N–H and O–H groups in total. The molecule has 0 aromatic heterocycles. The number of hydrogen-bond acceptors (Lipinski definition) is 2. The van der Waals surface area contributed by atoms with E-state index in [1.54, 1.807) is 0 Å². The lowest BCUT2D eigenvalue weighted by Crippen LogP contribution is -2.41. The summed E-state index contributed by atoms with van der Waals surface area (Å²) in [7, 11) is 0. The fourth-order valence-corrected chi connectivity index (χ4v) is 3.43. The molecule has 2 nitrogen and oxygen atoms in total. The third kappa shape index (κ3) is 2.31. The van der Waals surface area contributed by atoms with Crippen molar-refractivity contribution in [1.29, 1.82) is 5.26 Å². The first kappa shape index (κ1) is 12.4. The molecule has 1 aromatic carbocycles. The van der Waals surface area contributed by atoms with E-state index in [1.807, 2.05) is 0 Å². The second-order valence-electron chi connectivity index (χ2n) is 5.68. The van der Waals surface area contributed by atoms with Gasteiger partial charge in [-0.15, -0.1) is 0 Å². The molecule has 2 aliphatic rings. The van der Waals surface area contributed by atoms with Crippen molar-refractivity contribution < 1.29 is 0 Å². The lowest BCUT2D eigenvalue weighted by molar-refractivity contribution is 0.183. The molecule has 0 saturated carbocycles. The molecule has 0 bridgehead atoms. The molecule has 1 aliphatic carbocycles. The summed E-state index contributed by atoms with van der Waals surface area (Å²) >= 11 is 0. The highest BCUT2D eigenvalue weighted by molar-refractivity contribution is 5.65. The molecule has 19 heavy (non-hydrogen) atoms. The van der Waals surface area contributed by atoms with Gasteiger partial charge in [-0.05, 0) is 50.0 Å². The van der Waals surface area contributed by atoms with E-state index in [9.17, 15) is 0 Å². The molecular formula is C17H20N2. The van der Waals surface area contributed by atoms with Crippen LogP contribution in [0.1, 0.15) is 36.8 Å². The molecule has 2 heteroatoms. The predicted molar refractivity (Wildman–Crippen MR) is 77.7 cm³/mol. The third-order valence-electron chi connectivity index (χ3n) is 4.59. The highest BCUT2D eigenvalue weighted by Crippen LogP contribution is 2.43. The van der Waals surface area contributed by atoms with E-state index in [0.717, 1.165) is 26.1 Å². The molecule has 0 unspecified atom stereocenters. The molecule has 1 heterocycles. The minimum atomic E-state index is 0.294. The van der Waals surface area contributed by atoms with Crippen molar-refractivity contribution in [2.45, 2.75) is 31.1 Å². The molecule has 0 radical (unpaired) electrons. The number of nitriles is 1. The van der Waals surface area contributed by atoms with E-state index in [-0.39, 0.29) is 0 Å². The van der Waals surface area contributed by atoms with Gasteiger partial charge in [-0.25, -0.2) is 0 Å². The Balaban J connectivity index is 1.65. The highest BCUT2D eigenvalue weighted by Gasteiger charge is 2.37. The summed E-state index contributed by atoms with van der Waals surface area (Å²) in [5, 5.41) is 8.59. The second-order valence-corrected chi connectivity index (χ2v) is 5.68. The monoisotopic (exact) mass is 252 g/mol. The largest absolute Gasteiger partial charge is 0.303 e. The fourth-order valence-electron chi connectivity index (χ4n) is 3.43. The van der Waals surface area contributed by atoms with E-state index in [1.165, 1.54) is 24.0 Å². The first-order chi connectivity index (χ1) is 9.34. The van der Waals surface area contributed by atoms with Crippen molar-refractivity contribution in [1.82, 2.24) is 4.90 Å². The Morgan fingerprint density at radius 1 is 1.21 bits per heavy atom. The summed E-state index contributed by atoms with van der Waals surface area (Å²) in [6.07, 6.45) is 8.84. The Labute approximate surface area is 115 Å². The maximum absolute atomic E-state index is 8.59. The van der Waals surface area contributed by atoms with Crippen LogP contribution in [0.2, 0.25) is 0 Å². The van der Waals surface area contributed by atoms with Gasteiger partial charge in [0, 0.05) is 11.8 Å². The number of rotatable bonds is 3. The quantitative estimate of drug-likeness (QED) is 0.771. The predicted octanol–water partition coefficient (Wildman–Crippen LogP) is 3.35. The molecule has 98 valence electrons. The number of unbranched alkanes of at least 4 members (excludes halogenated alkanes) is 1. The summed E-state index contributed by atoms with van der Waals surface area (Å²) < 4.78 is 0. The van der Waals surface area contributed by atoms with Crippen molar-refractivity contribution in [2.24, 2.45) is 0 Å². The molecule has 0 atom stereocenters. The van der Waals surface area contributed by atoms with Crippen molar-refractivity contribution in [2.75, 3.05) is 19.6 Å². The maximum Gasteiger partial charge on any atom is 0.0622 e. The van der Waals surface area contributed by atoms with Crippen molar-refractivity contribution in [3.05, 3.63) is 41.5 Å². The number of nitrogens with zero attached hydrogens (tertiary/aromatic N) is 2. The van der Waals surface area contributed by atoms with Crippen molar-refractivity contribution in [3.63, 3.8) is 0 Å². The number of piperidine rings is 1. The molecule has 1 aliphatic heterocycles. The van der Waals surface area contributed by atoms with Crippen molar-refractivity contribution >= 4 is 6.08 Å². The van der Waals surface area contributed by atoms with E-state index in [0.29, 0.717) is 11.8 Å². The SMILES string of the molecule is N#CCCCN1CCC2(C=Cc3ccccc32)CC1. The Morgan fingerprint density at radius 2 is 2.00 bits per heavy atom. The van der Waals surface area contributed by atoms with Gasteiger partial charge in [0.05, 0.1) is 6.07 Å². The van der Waals surface area contributed by atoms with Crippen LogP contribution >= 0.6 is 0 Å². The van der Waals surface area contributed by atoms with Crippen LogP contribution in [0.4, 0.5) is 0 Å². The van der Waals surface area contributed by atoms with Gasteiger partial charge in [0.25, 0.3) is 0 Å². The van der Waals surface area contributed by atoms with Crippen molar-refractivity contribution in [3.8, 4) is 6.07 Å². The Kier molecular flexibility index (Phi) is 3.40. The van der Waals surface area contributed by atoms with E-state index in [4.69, 9.17) is 5.26 Å². The normalized spacial score (nSPS) is 20.4. The summed E-state index contributed by atoms with van der Waals surface area (Å²) in [5.41, 5.74) is 3.22. The minimum Gasteiger partial charge on any atom is -0.303 e. The fraction of sp³-hybridized carbons (Fsp3) is 0.471. The third-order valence-corrected chi connectivity index (χ3v) is 4.59. The molecule has 1 saturated heterocycles. The number of hydrogen-bond donors (Lipinski definition) is 0. The van der Waals surface area contributed by atoms with Crippen LogP contribution in [0.25, 0.3) is 6.08 Å². The summed E-state index contributed by atoms with van der Waals surface area (Å²) in [5.74, 6) is 0. The van der Waals surface area contributed by atoms with Crippen LogP contribution in [0.3, 0.4) is 0 Å². The van der Waals surface area contributed by atoms with Gasteiger partial charge in [0.2, 0.25) is 0 Å². The second kappa shape index (κ2) is 5.19. The zero-order valence-electron chi connectivity index (χ0n) is 11.3.